The van der Waals surface area contributed by atoms with Crippen LogP contribution in [0.4, 0.5) is 10.1 Å². The van der Waals surface area contributed by atoms with Crippen LogP contribution in [0, 0.1) is 23.1 Å². The monoisotopic (exact) mass is 276 g/mol. The number of hydrogen-bond donors (Lipinski definition) is 1. The van der Waals surface area contributed by atoms with Gasteiger partial charge in [0.15, 0.2) is 0 Å². The lowest BCUT2D eigenvalue weighted by molar-refractivity contribution is -0.119. The van der Waals surface area contributed by atoms with Crippen LogP contribution in [0.3, 0.4) is 0 Å². The number of nitrogens with one attached hydrogen (secondary N) is 1. The number of nitrogens with zero attached hydrogens (tertiary/aromatic N) is 1. The minimum atomic E-state index is -0.580. The Hall–Kier alpha value is -1.93. The first-order valence-corrected chi connectivity index (χ1v) is 6.73. The third kappa shape index (κ3) is 3.55. The molecule has 0 atom stereocenters. The number of carbonyl (C=O) groups excluding carboxylic acids is 1. The average molecular weight is 276 g/mol. The first-order valence-electron chi connectivity index (χ1n) is 6.73. The number of ether oxygens (including phenoxy) is 1. The molecular formula is C15H17FN2O2. The molecule has 1 aliphatic rings. The SMILES string of the molecule is CCOC1CC(CC(=O)Nc2ccc(F)c(C#N)c2)C1. The number of rotatable bonds is 5. The molecule has 1 aliphatic carbocycles. The van der Waals surface area contributed by atoms with Crippen molar-refractivity contribution in [1.82, 2.24) is 0 Å². The maximum Gasteiger partial charge on any atom is 0.224 e. The molecule has 0 aliphatic heterocycles. The van der Waals surface area contributed by atoms with Crippen LogP contribution in [-0.4, -0.2) is 18.6 Å². The fraction of sp³-hybridized carbons (Fsp3) is 0.467. The molecule has 0 spiro atoms. The number of anilines is 1. The first kappa shape index (κ1) is 14.5. The first-order chi connectivity index (χ1) is 9.62. The highest BCUT2D eigenvalue weighted by Gasteiger charge is 2.31. The largest absolute Gasteiger partial charge is 0.378 e. The topological polar surface area (TPSA) is 62.1 Å². The molecule has 20 heavy (non-hydrogen) atoms. The fourth-order valence-corrected chi connectivity index (χ4v) is 2.38. The zero-order valence-electron chi connectivity index (χ0n) is 11.4. The van der Waals surface area contributed by atoms with E-state index in [0.717, 1.165) is 12.8 Å². The smallest absolute Gasteiger partial charge is 0.224 e. The summed E-state index contributed by atoms with van der Waals surface area (Å²) >= 11 is 0. The predicted molar refractivity (Wildman–Crippen MR) is 72.5 cm³/mol. The molecular weight excluding hydrogens is 259 g/mol. The standard InChI is InChI=1S/C15H17FN2O2/c1-2-20-13-5-10(6-13)7-15(19)18-12-3-4-14(16)11(8-12)9-17/h3-4,8,10,13H,2,5-7H2,1H3,(H,18,19). The predicted octanol–water partition coefficient (Wildman–Crippen LogP) is 2.84. The van der Waals surface area contributed by atoms with E-state index in [4.69, 9.17) is 10.00 Å². The number of halogens is 1. The van der Waals surface area contributed by atoms with Crippen molar-refractivity contribution >= 4 is 11.6 Å². The summed E-state index contributed by atoms with van der Waals surface area (Å²) < 4.78 is 18.6. The molecule has 5 heteroatoms. The van der Waals surface area contributed by atoms with Gasteiger partial charge in [0, 0.05) is 18.7 Å². The summed E-state index contributed by atoms with van der Waals surface area (Å²) in [5.41, 5.74) is 0.386. The van der Waals surface area contributed by atoms with E-state index >= 15 is 0 Å². The molecule has 0 heterocycles. The maximum atomic E-state index is 13.1. The second-order valence-electron chi connectivity index (χ2n) is 4.97. The molecule has 0 radical (unpaired) electrons. The van der Waals surface area contributed by atoms with E-state index in [2.05, 4.69) is 5.32 Å². The molecule has 106 valence electrons. The van der Waals surface area contributed by atoms with Gasteiger partial charge >= 0.3 is 0 Å². The molecule has 1 aromatic carbocycles. The molecule has 1 aromatic rings. The van der Waals surface area contributed by atoms with E-state index in [9.17, 15) is 9.18 Å². The van der Waals surface area contributed by atoms with Gasteiger partial charge in [-0.15, -0.1) is 0 Å². The zero-order valence-corrected chi connectivity index (χ0v) is 11.4. The Balaban J connectivity index is 1.82. The fourth-order valence-electron chi connectivity index (χ4n) is 2.38. The molecule has 0 saturated heterocycles. The third-order valence-corrected chi connectivity index (χ3v) is 3.44. The Morgan fingerprint density at radius 1 is 1.55 bits per heavy atom. The molecule has 1 amide bonds. The van der Waals surface area contributed by atoms with Crippen LogP contribution < -0.4 is 5.32 Å². The van der Waals surface area contributed by atoms with E-state index in [1.807, 2.05) is 6.92 Å². The van der Waals surface area contributed by atoms with E-state index in [1.54, 1.807) is 6.07 Å². The summed E-state index contributed by atoms with van der Waals surface area (Å²) in [6.07, 6.45) is 2.54. The molecule has 1 fully saturated rings. The van der Waals surface area contributed by atoms with Crippen molar-refractivity contribution < 1.29 is 13.9 Å². The van der Waals surface area contributed by atoms with Crippen molar-refractivity contribution in [3.63, 3.8) is 0 Å². The Morgan fingerprint density at radius 3 is 2.95 bits per heavy atom. The van der Waals surface area contributed by atoms with Crippen LogP contribution in [0.25, 0.3) is 0 Å². The molecule has 2 rings (SSSR count). The van der Waals surface area contributed by atoms with Crippen molar-refractivity contribution in [3.05, 3.63) is 29.6 Å². The number of amides is 1. The molecule has 0 unspecified atom stereocenters. The van der Waals surface area contributed by atoms with Gasteiger partial charge in [-0.3, -0.25) is 4.79 Å². The van der Waals surface area contributed by atoms with E-state index in [1.165, 1.54) is 18.2 Å². The Labute approximate surface area is 117 Å². The number of carbonyl (C=O) groups is 1. The van der Waals surface area contributed by atoms with Crippen LogP contribution in [0.1, 0.15) is 31.7 Å². The molecule has 1 N–H and O–H groups in total. The number of nitriles is 1. The highest BCUT2D eigenvalue weighted by atomic mass is 19.1. The van der Waals surface area contributed by atoms with Crippen molar-refractivity contribution in [1.29, 1.82) is 5.26 Å². The summed E-state index contributed by atoms with van der Waals surface area (Å²) in [5.74, 6) is -0.341. The van der Waals surface area contributed by atoms with Crippen LogP contribution in [-0.2, 0) is 9.53 Å². The van der Waals surface area contributed by atoms with Gasteiger partial charge in [-0.2, -0.15) is 5.26 Å². The summed E-state index contributed by atoms with van der Waals surface area (Å²) in [5, 5.41) is 11.4. The van der Waals surface area contributed by atoms with E-state index < -0.39 is 5.82 Å². The molecule has 1 saturated carbocycles. The zero-order chi connectivity index (χ0) is 14.5. The maximum absolute atomic E-state index is 13.1. The van der Waals surface area contributed by atoms with Gasteiger partial charge in [-0.1, -0.05) is 0 Å². The average Bonchev–Trinajstić information content (AvgIpc) is 2.38. The highest BCUT2D eigenvalue weighted by molar-refractivity contribution is 5.91. The minimum absolute atomic E-state index is 0.0668. The van der Waals surface area contributed by atoms with Crippen molar-refractivity contribution in [2.75, 3.05) is 11.9 Å². The number of benzene rings is 1. The van der Waals surface area contributed by atoms with Gasteiger partial charge in [0.1, 0.15) is 11.9 Å². The molecule has 0 bridgehead atoms. The van der Waals surface area contributed by atoms with Crippen molar-refractivity contribution in [3.8, 4) is 6.07 Å². The Bertz CT molecular complexity index is 533. The number of hydrogen-bond acceptors (Lipinski definition) is 3. The summed E-state index contributed by atoms with van der Waals surface area (Å²) in [6.45, 7) is 2.66. The van der Waals surface area contributed by atoms with Gasteiger partial charge in [0.2, 0.25) is 5.91 Å². The molecule has 0 aromatic heterocycles. The van der Waals surface area contributed by atoms with Crippen LogP contribution in [0.2, 0.25) is 0 Å². The summed E-state index contributed by atoms with van der Waals surface area (Å²) in [6, 6.07) is 5.73. The normalized spacial score (nSPS) is 20.9. The van der Waals surface area contributed by atoms with E-state index in [0.29, 0.717) is 24.6 Å². The van der Waals surface area contributed by atoms with Gasteiger partial charge in [-0.25, -0.2) is 4.39 Å². The van der Waals surface area contributed by atoms with Gasteiger partial charge in [0.25, 0.3) is 0 Å². The van der Waals surface area contributed by atoms with Crippen LogP contribution in [0.5, 0.6) is 0 Å². The van der Waals surface area contributed by atoms with Gasteiger partial charge in [-0.05, 0) is 43.9 Å². The molecule has 4 nitrogen and oxygen atoms in total. The quantitative estimate of drug-likeness (QED) is 0.899. The second-order valence-corrected chi connectivity index (χ2v) is 4.97. The highest BCUT2D eigenvalue weighted by Crippen LogP contribution is 2.32. The van der Waals surface area contributed by atoms with E-state index in [-0.39, 0.29) is 17.6 Å². The lowest BCUT2D eigenvalue weighted by Crippen LogP contribution is -2.33. The lowest BCUT2D eigenvalue weighted by atomic mass is 9.80. The van der Waals surface area contributed by atoms with Gasteiger partial charge in [0.05, 0.1) is 11.7 Å². The summed E-state index contributed by atoms with van der Waals surface area (Å²) in [7, 11) is 0. The van der Waals surface area contributed by atoms with Crippen LogP contribution >= 0.6 is 0 Å². The lowest BCUT2D eigenvalue weighted by Gasteiger charge is -2.34. The second kappa shape index (κ2) is 6.49. The van der Waals surface area contributed by atoms with Crippen molar-refractivity contribution in [2.24, 2.45) is 5.92 Å². The summed E-state index contributed by atoms with van der Waals surface area (Å²) in [4.78, 5) is 11.8. The third-order valence-electron chi connectivity index (χ3n) is 3.44. The van der Waals surface area contributed by atoms with Crippen LogP contribution in [0.15, 0.2) is 18.2 Å². The Morgan fingerprint density at radius 2 is 2.30 bits per heavy atom. The Kier molecular flexibility index (Phi) is 4.70. The minimum Gasteiger partial charge on any atom is -0.378 e. The van der Waals surface area contributed by atoms with Crippen molar-refractivity contribution in [2.45, 2.75) is 32.3 Å². The van der Waals surface area contributed by atoms with Gasteiger partial charge < -0.3 is 10.1 Å².